The molecule has 128 valence electrons. The fraction of sp³-hybridized carbons (Fsp3) is 0.529. The highest BCUT2D eigenvalue weighted by molar-refractivity contribution is 5.97. The van der Waals surface area contributed by atoms with Crippen LogP contribution < -0.4 is 14.8 Å². The second kappa shape index (κ2) is 9.71. The average molecular weight is 323 g/mol. The molecule has 0 aromatic heterocycles. The van der Waals surface area contributed by atoms with E-state index in [2.05, 4.69) is 5.32 Å². The number of benzene rings is 1. The predicted molar refractivity (Wildman–Crippen MR) is 86.7 cm³/mol. The van der Waals surface area contributed by atoms with Gasteiger partial charge in [0, 0.05) is 5.56 Å². The van der Waals surface area contributed by atoms with Crippen molar-refractivity contribution in [2.24, 2.45) is 0 Å². The molecule has 1 aromatic rings. The lowest BCUT2D eigenvalue weighted by Crippen LogP contribution is -2.41. The van der Waals surface area contributed by atoms with E-state index in [4.69, 9.17) is 14.2 Å². The third-order valence-electron chi connectivity index (χ3n) is 3.27. The van der Waals surface area contributed by atoms with Crippen LogP contribution in [0.5, 0.6) is 11.5 Å². The lowest BCUT2D eigenvalue weighted by molar-refractivity contribution is -0.143. The molecule has 0 fully saturated rings. The molecule has 6 nitrogen and oxygen atoms in total. The molecule has 0 saturated carbocycles. The summed E-state index contributed by atoms with van der Waals surface area (Å²) in [4.78, 5) is 23.9. The summed E-state index contributed by atoms with van der Waals surface area (Å²) in [6, 6.07) is 4.28. The molecular weight excluding hydrogens is 298 g/mol. The molecule has 23 heavy (non-hydrogen) atoms. The van der Waals surface area contributed by atoms with Crippen molar-refractivity contribution in [3.05, 3.63) is 23.8 Å². The molecule has 0 saturated heterocycles. The van der Waals surface area contributed by atoms with Crippen LogP contribution >= 0.6 is 0 Å². The van der Waals surface area contributed by atoms with Crippen LogP contribution in [0.1, 0.15) is 50.4 Å². The first-order valence-corrected chi connectivity index (χ1v) is 7.94. The number of hydrogen-bond acceptors (Lipinski definition) is 5. The van der Waals surface area contributed by atoms with E-state index in [9.17, 15) is 9.59 Å². The summed E-state index contributed by atoms with van der Waals surface area (Å²) in [5, 5.41) is 2.70. The van der Waals surface area contributed by atoms with Gasteiger partial charge in [0.1, 0.15) is 6.04 Å². The molecule has 1 amide bonds. The van der Waals surface area contributed by atoms with E-state index in [0.717, 1.165) is 12.8 Å². The molecule has 1 N–H and O–H groups in total. The second-order valence-corrected chi connectivity index (χ2v) is 4.76. The number of amides is 1. The molecule has 1 heterocycles. The first-order valence-electron chi connectivity index (χ1n) is 7.94. The first-order chi connectivity index (χ1) is 11.2. The Labute approximate surface area is 137 Å². The lowest BCUT2D eigenvalue weighted by Gasteiger charge is -2.16. The predicted octanol–water partition coefficient (Wildman–Crippen LogP) is 2.90. The standard InChI is InChI=1S/C15H19NO5.C2H6/c1-3-4-5-11(15(18)19-2)16-14(17)10-6-7-12-13(8-10)21-9-20-12;1-2/h6-8,11H,3-5,9H2,1-2H3,(H,16,17);1-2H3. The fourth-order valence-electron chi connectivity index (χ4n) is 2.08. The smallest absolute Gasteiger partial charge is 0.328 e. The quantitative estimate of drug-likeness (QED) is 0.815. The highest BCUT2D eigenvalue weighted by Gasteiger charge is 2.23. The number of esters is 1. The van der Waals surface area contributed by atoms with Crippen molar-refractivity contribution in [2.45, 2.75) is 46.1 Å². The molecule has 0 aliphatic carbocycles. The third kappa shape index (κ3) is 5.16. The van der Waals surface area contributed by atoms with E-state index in [-0.39, 0.29) is 12.7 Å². The Morgan fingerprint density at radius 3 is 2.61 bits per heavy atom. The topological polar surface area (TPSA) is 73.9 Å². The van der Waals surface area contributed by atoms with Crippen molar-refractivity contribution in [3.8, 4) is 11.5 Å². The molecule has 1 aliphatic rings. The fourth-order valence-corrected chi connectivity index (χ4v) is 2.08. The number of fused-ring (bicyclic) bond motifs is 1. The van der Waals surface area contributed by atoms with Crippen molar-refractivity contribution >= 4 is 11.9 Å². The molecule has 0 spiro atoms. The van der Waals surface area contributed by atoms with Gasteiger partial charge in [0.2, 0.25) is 6.79 Å². The van der Waals surface area contributed by atoms with Gasteiger partial charge in [-0.25, -0.2) is 4.79 Å². The van der Waals surface area contributed by atoms with Gasteiger partial charge in [-0.1, -0.05) is 33.6 Å². The van der Waals surface area contributed by atoms with Gasteiger partial charge in [0.15, 0.2) is 11.5 Å². The van der Waals surface area contributed by atoms with Gasteiger partial charge in [0.25, 0.3) is 5.91 Å². The van der Waals surface area contributed by atoms with Gasteiger partial charge in [-0.3, -0.25) is 4.79 Å². The molecular formula is C17H25NO5. The van der Waals surface area contributed by atoms with Crippen LogP contribution in [0, 0.1) is 0 Å². The van der Waals surface area contributed by atoms with Crippen molar-refractivity contribution in [3.63, 3.8) is 0 Å². The Hall–Kier alpha value is -2.24. The number of hydrogen-bond donors (Lipinski definition) is 1. The Kier molecular flexibility index (Phi) is 7.94. The van der Waals surface area contributed by atoms with Gasteiger partial charge >= 0.3 is 5.97 Å². The van der Waals surface area contributed by atoms with Crippen LogP contribution in [-0.2, 0) is 9.53 Å². The van der Waals surface area contributed by atoms with E-state index in [0.29, 0.717) is 23.5 Å². The number of carbonyl (C=O) groups is 2. The Morgan fingerprint density at radius 1 is 1.26 bits per heavy atom. The van der Waals surface area contributed by atoms with Crippen LogP contribution in [0.2, 0.25) is 0 Å². The Balaban J connectivity index is 0.00000127. The number of ether oxygens (including phenoxy) is 3. The number of unbranched alkanes of at least 4 members (excludes halogenated alkanes) is 1. The summed E-state index contributed by atoms with van der Waals surface area (Å²) in [7, 11) is 1.31. The molecule has 6 heteroatoms. The van der Waals surface area contributed by atoms with E-state index in [1.54, 1.807) is 18.2 Å². The minimum absolute atomic E-state index is 0.154. The third-order valence-corrected chi connectivity index (χ3v) is 3.27. The monoisotopic (exact) mass is 323 g/mol. The minimum atomic E-state index is -0.632. The SMILES string of the molecule is CC.CCCCC(NC(=O)c1ccc2c(c1)OCO2)C(=O)OC. The maximum atomic E-state index is 12.2. The highest BCUT2D eigenvalue weighted by Crippen LogP contribution is 2.32. The highest BCUT2D eigenvalue weighted by atomic mass is 16.7. The van der Waals surface area contributed by atoms with Crippen molar-refractivity contribution in [2.75, 3.05) is 13.9 Å². The zero-order valence-corrected chi connectivity index (χ0v) is 14.2. The summed E-state index contributed by atoms with van der Waals surface area (Å²) >= 11 is 0. The number of methoxy groups -OCH3 is 1. The average Bonchev–Trinajstić information content (AvgIpc) is 3.07. The Morgan fingerprint density at radius 2 is 1.96 bits per heavy atom. The van der Waals surface area contributed by atoms with Gasteiger partial charge in [-0.15, -0.1) is 0 Å². The van der Waals surface area contributed by atoms with Crippen molar-refractivity contribution in [1.82, 2.24) is 5.32 Å². The van der Waals surface area contributed by atoms with Gasteiger partial charge in [-0.2, -0.15) is 0 Å². The largest absolute Gasteiger partial charge is 0.467 e. The normalized spacial score (nSPS) is 12.7. The van der Waals surface area contributed by atoms with E-state index in [1.165, 1.54) is 7.11 Å². The summed E-state index contributed by atoms with van der Waals surface area (Å²) < 4.78 is 15.2. The first kappa shape index (κ1) is 18.8. The zero-order chi connectivity index (χ0) is 17.2. The molecule has 0 radical (unpaired) electrons. The van der Waals surface area contributed by atoms with E-state index < -0.39 is 12.0 Å². The van der Waals surface area contributed by atoms with Crippen LogP contribution in [-0.4, -0.2) is 31.8 Å². The van der Waals surface area contributed by atoms with Crippen LogP contribution in [0.25, 0.3) is 0 Å². The molecule has 1 aromatic carbocycles. The summed E-state index contributed by atoms with van der Waals surface area (Å²) in [6.45, 7) is 6.18. The summed E-state index contributed by atoms with van der Waals surface area (Å²) in [5.41, 5.74) is 0.421. The van der Waals surface area contributed by atoms with Crippen LogP contribution in [0.15, 0.2) is 18.2 Å². The zero-order valence-electron chi connectivity index (χ0n) is 14.2. The van der Waals surface area contributed by atoms with Gasteiger partial charge in [0.05, 0.1) is 7.11 Å². The van der Waals surface area contributed by atoms with E-state index >= 15 is 0 Å². The summed E-state index contributed by atoms with van der Waals surface area (Å²) in [5.74, 6) is 0.380. The molecule has 1 unspecified atom stereocenters. The molecule has 0 bridgehead atoms. The van der Waals surface area contributed by atoms with Crippen molar-refractivity contribution in [1.29, 1.82) is 0 Å². The molecule has 1 aliphatic heterocycles. The van der Waals surface area contributed by atoms with E-state index in [1.807, 2.05) is 20.8 Å². The maximum absolute atomic E-state index is 12.2. The number of rotatable bonds is 6. The second-order valence-electron chi connectivity index (χ2n) is 4.76. The number of carbonyl (C=O) groups excluding carboxylic acids is 2. The lowest BCUT2D eigenvalue weighted by atomic mass is 10.1. The maximum Gasteiger partial charge on any atom is 0.328 e. The van der Waals surface area contributed by atoms with Crippen LogP contribution in [0.3, 0.4) is 0 Å². The Bertz CT molecular complexity index is 530. The summed E-state index contributed by atoms with van der Waals surface area (Å²) in [6.07, 6.45) is 2.33. The molecule has 1 atom stereocenters. The van der Waals surface area contributed by atoms with Gasteiger partial charge in [-0.05, 0) is 24.6 Å². The molecule has 2 rings (SSSR count). The van der Waals surface area contributed by atoms with Gasteiger partial charge < -0.3 is 19.5 Å². The minimum Gasteiger partial charge on any atom is -0.467 e. The van der Waals surface area contributed by atoms with Crippen molar-refractivity contribution < 1.29 is 23.8 Å². The number of nitrogens with one attached hydrogen (secondary N) is 1. The van der Waals surface area contributed by atoms with Crippen LogP contribution in [0.4, 0.5) is 0 Å².